The predicted octanol–water partition coefficient (Wildman–Crippen LogP) is -0.336. The quantitative estimate of drug-likeness (QED) is 0.733. The molecule has 8 heteroatoms. The highest BCUT2D eigenvalue weighted by atomic mass is 32.2. The Labute approximate surface area is 116 Å². The number of carbonyl (C=O) groups excluding carboxylic acids is 1. The molecular formula is C11H11O6S2-. The van der Waals surface area contributed by atoms with Crippen LogP contribution in [0.1, 0.15) is 0 Å². The summed E-state index contributed by atoms with van der Waals surface area (Å²) < 4.78 is 27.3. The minimum atomic E-state index is -2.42. The van der Waals surface area contributed by atoms with Crippen molar-refractivity contribution in [1.82, 2.24) is 0 Å². The topological polar surface area (TPSA) is 107 Å². The lowest BCUT2D eigenvalue weighted by Gasteiger charge is -2.14. The van der Waals surface area contributed by atoms with E-state index in [2.05, 4.69) is 0 Å². The fourth-order valence-electron chi connectivity index (χ4n) is 1.65. The first kappa shape index (κ1) is 14.6. The lowest BCUT2D eigenvalue weighted by molar-refractivity contribution is -0.124. The van der Waals surface area contributed by atoms with E-state index in [1.54, 1.807) is 18.2 Å². The van der Waals surface area contributed by atoms with Crippen molar-refractivity contribution in [3.63, 3.8) is 0 Å². The summed E-state index contributed by atoms with van der Waals surface area (Å²) in [7, 11) is 0. The Hall–Kier alpha value is -0.770. The van der Waals surface area contributed by atoms with Crippen molar-refractivity contribution in [3.05, 3.63) is 24.3 Å². The summed E-state index contributed by atoms with van der Waals surface area (Å²) in [5, 5.41) is 18.5. The zero-order valence-electron chi connectivity index (χ0n) is 9.59. The molecule has 104 valence electrons. The maximum atomic E-state index is 11.7. The molecule has 2 unspecified atom stereocenters. The Morgan fingerprint density at radius 1 is 1.42 bits per heavy atom. The average Bonchev–Trinajstić information content (AvgIpc) is 2.67. The molecule has 2 rings (SSSR count). The van der Waals surface area contributed by atoms with Gasteiger partial charge >= 0.3 is 0 Å². The molecule has 19 heavy (non-hydrogen) atoms. The van der Waals surface area contributed by atoms with Gasteiger partial charge in [0, 0.05) is 9.79 Å². The van der Waals surface area contributed by atoms with E-state index in [4.69, 9.17) is 9.84 Å². The predicted molar refractivity (Wildman–Crippen MR) is 66.2 cm³/mol. The third-order valence-electron chi connectivity index (χ3n) is 2.62. The van der Waals surface area contributed by atoms with Gasteiger partial charge in [-0.1, -0.05) is 23.9 Å². The molecule has 4 atom stereocenters. The number of carbonyl (C=O) groups is 1. The number of aliphatic hydroxyl groups is 2. The summed E-state index contributed by atoms with van der Waals surface area (Å²) >= 11 is -1.52. The maximum absolute atomic E-state index is 11.7. The number of aliphatic hydroxyl groups excluding tert-OH is 2. The van der Waals surface area contributed by atoms with E-state index < -0.39 is 41.1 Å². The SMILES string of the molecule is O=C1C(Sc2ccccc2S(=O)[O-])O[C@H](CO)[C@@H]1O. The van der Waals surface area contributed by atoms with Crippen molar-refractivity contribution in [3.8, 4) is 0 Å². The Balaban J connectivity index is 2.19. The van der Waals surface area contributed by atoms with E-state index in [1.165, 1.54) is 6.07 Å². The Morgan fingerprint density at radius 3 is 2.68 bits per heavy atom. The molecule has 1 fully saturated rings. The number of ketones is 1. The molecule has 0 aromatic heterocycles. The fourth-order valence-corrected chi connectivity index (χ4v) is 3.45. The first-order chi connectivity index (χ1) is 9.04. The second kappa shape index (κ2) is 6.12. The molecular weight excluding hydrogens is 292 g/mol. The van der Waals surface area contributed by atoms with E-state index in [0.29, 0.717) is 4.90 Å². The van der Waals surface area contributed by atoms with Gasteiger partial charge in [-0.15, -0.1) is 0 Å². The number of hydrogen-bond donors (Lipinski definition) is 2. The van der Waals surface area contributed by atoms with Gasteiger partial charge in [-0.2, -0.15) is 0 Å². The molecule has 1 aromatic carbocycles. The minimum Gasteiger partial charge on any atom is -0.768 e. The van der Waals surface area contributed by atoms with E-state index in [-0.39, 0.29) is 4.90 Å². The van der Waals surface area contributed by atoms with E-state index in [1.807, 2.05) is 0 Å². The van der Waals surface area contributed by atoms with Gasteiger partial charge in [-0.25, -0.2) is 0 Å². The van der Waals surface area contributed by atoms with Crippen molar-refractivity contribution in [2.24, 2.45) is 0 Å². The number of ether oxygens (including phenoxy) is 1. The number of hydrogen-bond acceptors (Lipinski definition) is 7. The van der Waals surface area contributed by atoms with E-state index >= 15 is 0 Å². The molecule has 0 spiro atoms. The first-order valence-electron chi connectivity index (χ1n) is 5.37. The Bertz CT molecular complexity index is 506. The van der Waals surface area contributed by atoms with Gasteiger partial charge in [0.15, 0.2) is 5.44 Å². The van der Waals surface area contributed by atoms with Crippen LogP contribution in [-0.2, 0) is 20.6 Å². The van der Waals surface area contributed by atoms with Gasteiger partial charge in [0.05, 0.1) is 6.61 Å². The second-order valence-corrected chi connectivity index (χ2v) is 5.85. The molecule has 6 nitrogen and oxygen atoms in total. The number of benzene rings is 1. The Morgan fingerprint density at radius 2 is 2.11 bits per heavy atom. The zero-order chi connectivity index (χ0) is 14.0. The van der Waals surface area contributed by atoms with Crippen LogP contribution >= 0.6 is 11.8 Å². The summed E-state index contributed by atoms with van der Waals surface area (Å²) in [6.07, 6.45) is -2.35. The van der Waals surface area contributed by atoms with Crippen LogP contribution in [0.25, 0.3) is 0 Å². The van der Waals surface area contributed by atoms with Gasteiger partial charge in [0.1, 0.15) is 12.2 Å². The number of rotatable bonds is 4. The third-order valence-corrected chi connectivity index (χ3v) is 4.63. The highest BCUT2D eigenvalue weighted by Gasteiger charge is 2.42. The molecule has 0 amide bonds. The molecule has 0 radical (unpaired) electrons. The van der Waals surface area contributed by atoms with Gasteiger partial charge in [-0.05, 0) is 23.2 Å². The van der Waals surface area contributed by atoms with Crippen LogP contribution in [0.5, 0.6) is 0 Å². The molecule has 2 N–H and O–H groups in total. The van der Waals surface area contributed by atoms with E-state index in [0.717, 1.165) is 11.8 Å². The van der Waals surface area contributed by atoms with Crippen LogP contribution in [0.15, 0.2) is 34.1 Å². The van der Waals surface area contributed by atoms with Crippen molar-refractivity contribution < 1.29 is 28.5 Å². The van der Waals surface area contributed by atoms with E-state index in [9.17, 15) is 18.7 Å². The second-order valence-electron chi connectivity index (χ2n) is 3.84. The fraction of sp³-hybridized carbons (Fsp3) is 0.364. The highest BCUT2D eigenvalue weighted by molar-refractivity contribution is 8.00. The molecule has 1 aromatic rings. The van der Waals surface area contributed by atoms with Gasteiger partial charge < -0.3 is 19.5 Å². The summed E-state index contributed by atoms with van der Waals surface area (Å²) in [5.41, 5.74) is -1.02. The van der Waals surface area contributed by atoms with Crippen molar-refractivity contribution in [2.45, 2.75) is 27.4 Å². The smallest absolute Gasteiger partial charge is 0.203 e. The lowest BCUT2D eigenvalue weighted by Crippen LogP contribution is -2.29. The van der Waals surface area contributed by atoms with Crippen LogP contribution in [0.2, 0.25) is 0 Å². The highest BCUT2D eigenvalue weighted by Crippen LogP contribution is 2.34. The van der Waals surface area contributed by atoms with Gasteiger partial charge in [0.25, 0.3) is 0 Å². The molecule has 1 aliphatic rings. The summed E-state index contributed by atoms with van der Waals surface area (Å²) in [5.74, 6) is -0.574. The largest absolute Gasteiger partial charge is 0.768 e. The third kappa shape index (κ3) is 3.04. The molecule has 1 saturated heterocycles. The standard InChI is InChI=1S/C11H12O6S2/c12-5-6-9(13)10(14)11(17-6)18-7-3-1-2-4-8(7)19(15)16/h1-4,6,9,11-13H,5H2,(H,15,16)/p-1/t6-,9+,11?/m1/s1. The Kier molecular flexibility index (Phi) is 4.71. The van der Waals surface area contributed by atoms with Crippen LogP contribution < -0.4 is 0 Å². The van der Waals surface area contributed by atoms with Crippen molar-refractivity contribution >= 4 is 28.6 Å². The molecule has 1 heterocycles. The summed E-state index contributed by atoms with van der Waals surface area (Å²) in [4.78, 5) is 12.1. The van der Waals surface area contributed by atoms with Crippen molar-refractivity contribution in [2.75, 3.05) is 6.61 Å². The zero-order valence-corrected chi connectivity index (χ0v) is 11.2. The summed E-state index contributed by atoms with van der Waals surface area (Å²) in [6, 6.07) is 6.16. The minimum absolute atomic E-state index is 0.0610. The van der Waals surface area contributed by atoms with Gasteiger partial charge in [-0.3, -0.25) is 9.00 Å². The molecule has 1 aliphatic heterocycles. The van der Waals surface area contributed by atoms with Crippen LogP contribution in [0.3, 0.4) is 0 Å². The van der Waals surface area contributed by atoms with Gasteiger partial charge in [0.2, 0.25) is 5.78 Å². The van der Waals surface area contributed by atoms with Crippen LogP contribution in [-0.4, -0.2) is 49.0 Å². The van der Waals surface area contributed by atoms with Crippen LogP contribution in [0, 0.1) is 0 Å². The normalized spacial score (nSPS) is 28.6. The monoisotopic (exact) mass is 303 g/mol. The molecule has 0 saturated carbocycles. The lowest BCUT2D eigenvalue weighted by atomic mass is 10.2. The van der Waals surface area contributed by atoms with Crippen molar-refractivity contribution in [1.29, 1.82) is 0 Å². The number of thioether (sulfide) groups is 1. The molecule has 0 bridgehead atoms. The average molecular weight is 303 g/mol. The van der Waals surface area contributed by atoms with Crippen LogP contribution in [0.4, 0.5) is 0 Å². The maximum Gasteiger partial charge on any atom is 0.203 e. The number of Topliss-reactive ketones (excluding diaryl/α,β-unsaturated/α-hetero) is 1. The first-order valence-corrected chi connectivity index (χ1v) is 7.33. The molecule has 0 aliphatic carbocycles. The summed E-state index contributed by atoms with van der Waals surface area (Å²) in [6.45, 7) is -0.473.